The fourth-order valence-corrected chi connectivity index (χ4v) is 4.46. The van der Waals surface area contributed by atoms with E-state index in [4.69, 9.17) is 40.5 Å². The summed E-state index contributed by atoms with van der Waals surface area (Å²) in [6, 6.07) is 14.4. The van der Waals surface area contributed by atoms with Crippen molar-refractivity contribution in [1.29, 1.82) is 0 Å². The Hall–Kier alpha value is -2.65. The SMILES string of the molecule is O=C(O)CN1C(=O)/C(=C\c2cn(-c3ccc(Cl)cc3)nc2-c2ccc(Cl)cc2)SC1=S. The third-order valence-electron chi connectivity index (χ3n) is 4.40. The van der Waals surface area contributed by atoms with Crippen LogP contribution < -0.4 is 0 Å². The maximum absolute atomic E-state index is 12.7. The van der Waals surface area contributed by atoms with Crippen LogP contribution in [-0.4, -0.2) is 42.5 Å². The Bertz CT molecular complexity index is 1220. The number of thiocarbonyl (C=S) groups is 1. The summed E-state index contributed by atoms with van der Waals surface area (Å²) in [6.07, 6.45) is 3.46. The smallest absolute Gasteiger partial charge is 0.323 e. The molecule has 1 aromatic heterocycles. The predicted molar refractivity (Wildman–Crippen MR) is 127 cm³/mol. The number of amides is 1. The number of carboxylic acids is 1. The predicted octanol–water partition coefficient (Wildman–Crippen LogP) is 5.13. The van der Waals surface area contributed by atoms with Crippen LogP contribution >= 0.6 is 47.2 Å². The van der Waals surface area contributed by atoms with Gasteiger partial charge in [0.15, 0.2) is 0 Å². The number of aliphatic carboxylic acids is 1. The fourth-order valence-electron chi connectivity index (χ4n) is 2.96. The van der Waals surface area contributed by atoms with Crippen LogP contribution in [0.4, 0.5) is 0 Å². The van der Waals surface area contributed by atoms with E-state index >= 15 is 0 Å². The van der Waals surface area contributed by atoms with Crippen LogP contribution in [0.15, 0.2) is 59.6 Å². The molecule has 1 saturated heterocycles. The van der Waals surface area contributed by atoms with Crippen molar-refractivity contribution in [1.82, 2.24) is 14.7 Å². The number of hydrogen-bond acceptors (Lipinski definition) is 5. The monoisotopic (exact) mass is 489 g/mol. The van der Waals surface area contributed by atoms with Gasteiger partial charge in [-0.1, -0.05) is 59.3 Å². The van der Waals surface area contributed by atoms with E-state index in [0.717, 1.165) is 27.9 Å². The molecule has 0 spiro atoms. The van der Waals surface area contributed by atoms with Gasteiger partial charge in [0, 0.05) is 27.4 Å². The van der Waals surface area contributed by atoms with E-state index < -0.39 is 18.4 Å². The van der Waals surface area contributed by atoms with Crippen molar-refractivity contribution in [2.45, 2.75) is 0 Å². The average Bonchev–Trinajstić information content (AvgIpc) is 3.26. The zero-order chi connectivity index (χ0) is 22.1. The summed E-state index contributed by atoms with van der Waals surface area (Å²) in [5.41, 5.74) is 2.91. The molecule has 10 heteroatoms. The maximum Gasteiger partial charge on any atom is 0.323 e. The van der Waals surface area contributed by atoms with Crippen LogP contribution in [0.3, 0.4) is 0 Å². The highest BCUT2D eigenvalue weighted by Gasteiger charge is 2.33. The number of halogens is 2. The Morgan fingerprint density at radius 3 is 2.32 bits per heavy atom. The number of thioether (sulfide) groups is 1. The van der Waals surface area contributed by atoms with Gasteiger partial charge < -0.3 is 5.11 Å². The molecule has 0 saturated carbocycles. The van der Waals surface area contributed by atoms with Gasteiger partial charge in [-0.3, -0.25) is 14.5 Å². The first-order valence-electron chi connectivity index (χ1n) is 8.90. The highest BCUT2D eigenvalue weighted by Crippen LogP contribution is 2.35. The van der Waals surface area contributed by atoms with Gasteiger partial charge in [0.2, 0.25) is 0 Å². The van der Waals surface area contributed by atoms with Gasteiger partial charge in [-0.05, 0) is 42.5 Å². The van der Waals surface area contributed by atoms with Crippen molar-refractivity contribution in [2.24, 2.45) is 0 Å². The molecule has 3 aromatic rings. The molecule has 0 bridgehead atoms. The van der Waals surface area contributed by atoms with E-state index in [1.165, 1.54) is 0 Å². The van der Waals surface area contributed by atoms with Crippen molar-refractivity contribution in [3.05, 3.63) is 75.2 Å². The van der Waals surface area contributed by atoms with Gasteiger partial charge in [-0.2, -0.15) is 5.10 Å². The van der Waals surface area contributed by atoms with Crippen molar-refractivity contribution < 1.29 is 14.7 Å². The van der Waals surface area contributed by atoms with Crippen LogP contribution in [0.5, 0.6) is 0 Å². The molecule has 156 valence electrons. The highest BCUT2D eigenvalue weighted by molar-refractivity contribution is 8.26. The van der Waals surface area contributed by atoms with E-state index in [1.54, 1.807) is 41.2 Å². The molecule has 1 aliphatic heterocycles. The lowest BCUT2D eigenvalue weighted by molar-refractivity contribution is -0.140. The van der Waals surface area contributed by atoms with Crippen LogP contribution in [0.2, 0.25) is 10.0 Å². The van der Waals surface area contributed by atoms with Gasteiger partial charge in [0.1, 0.15) is 10.9 Å². The topological polar surface area (TPSA) is 75.4 Å². The highest BCUT2D eigenvalue weighted by atomic mass is 35.5. The molecule has 1 fully saturated rings. The molecule has 0 aliphatic carbocycles. The van der Waals surface area contributed by atoms with Crippen molar-refractivity contribution in [2.75, 3.05) is 6.54 Å². The lowest BCUT2D eigenvalue weighted by atomic mass is 10.1. The lowest BCUT2D eigenvalue weighted by Crippen LogP contribution is -2.33. The molecular weight excluding hydrogens is 477 g/mol. The molecule has 6 nitrogen and oxygen atoms in total. The molecule has 1 N–H and O–H groups in total. The standard InChI is InChI=1S/C21H13Cl2N3O3S2/c22-14-3-1-12(2-4-14)19-13(10-26(24-19)16-7-5-15(23)6-8-16)9-17-20(29)25(11-18(27)28)21(30)31-17/h1-10H,11H2,(H,27,28)/b17-9+. The second-order valence-corrected chi connectivity index (χ2v) is 9.07. The van der Waals surface area contributed by atoms with Crippen molar-refractivity contribution in [3.63, 3.8) is 0 Å². The Morgan fingerprint density at radius 2 is 1.71 bits per heavy atom. The summed E-state index contributed by atoms with van der Waals surface area (Å²) in [5, 5.41) is 14.9. The molecule has 2 heterocycles. The summed E-state index contributed by atoms with van der Waals surface area (Å²) in [4.78, 5) is 25.1. The minimum Gasteiger partial charge on any atom is -0.480 e. The lowest BCUT2D eigenvalue weighted by Gasteiger charge is -2.10. The van der Waals surface area contributed by atoms with Crippen LogP contribution in [-0.2, 0) is 9.59 Å². The fraction of sp³-hybridized carbons (Fsp3) is 0.0476. The van der Waals surface area contributed by atoms with Crippen LogP contribution in [0.25, 0.3) is 23.0 Å². The second-order valence-electron chi connectivity index (χ2n) is 6.52. The summed E-state index contributed by atoms with van der Waals surface area (Å²) in [7, 11) is 0. The van der Waals surface area contributed by atoms with E-state index in [1.807, 2.05) is 24.3 Å². The number of hydrogen-bond donors (Lipinski definition) is 1. The third-order valence-corrected chi connectivity index (χ3v) is 6.29. The number of carbonyl (C=O) groups is 2. The Labute approximate surface area is 197 Å². The van der Waals surface area contributed by atoms with Crippen LogP contribution in [0, 0.1) is 0 Å². The Morgan fingerprint density at radius 1 is 1.10 bits per heavy atom. The number of carboxylic acid groups (broad SMARTS) is 1. The van der Waals surface area contributed by atoms with E-state index in [9.17, 15) is 9.59 Å². The summed E-state index contributed by atoms with van der Waals surface area (Å²) in [6.45, 7) is -0.476. The maximum atomic E-state index is 12.7. The third kappa shape index (κ3) is 4.67. The Kier molecular flexibility index (Phi) is 6.15. The molecule has 0 radical (unpaired) electrons. The zero-order valence-corrected chi connectivity index (χ0v) is 18.8. The minimum atomic E-state index is -1.13. The van der Waals surface area contributed by atoms with Gasteiger partial charge in [0.25, 0.3) is 5.91 Å². The normalized spacial score (nSPS) is 15.2. The second kappa shape index (κ2) is 8.84. The molecule has 4 rings (SSSR count). The van der Waals surface area contributed by atoms with E-state index in [0.29, 0.717) is 26.2 Å². The number of benzene rings is 2. The summed E-state index contributed by atoms with van der Waals surface area (Å²) < 4.78 is 1.89. The van der Waals surface area contributed by atoms with Gasteiger partial charge >= 0.3 is 5.97 Å². The number of nitrogens with zero attached hydrogens (tertiary/aromatic N) is 3. The van der Waals surface area contributed by atoms with Gasteiger partial charge in [-0.15, -0.1) is 0 Å². The number of rotatable bonds is 5. The average molecular weight is 490 g/mol. The molecule has 2 aromatic carbocycles. The van der Waals surface area contributed by atoms with Gasteiger partial charge in [-0.25, -0.2) is 4.68 Å². The molecule has 0 unspecified atom stereocenters. The zero-order valence-electron chi connectivity index (χ0n) is 15.7. The Balaban J connectivity index is 1.79. The quantitative estimate of drug-likeness (QED) is 0.395. The van der Waals surface area contributed by atoms with Gasteiger partial charge in [0.05, 0.1) is 16.3 Å². The van der Waals surface area contributed by atoms with Crippen molar-refractivity contribution >= 4 is 69.5 Å². The molecule has 1 aliphatic rings. The van der Waals surface area contributed by atoms with E-state index in [-0.39, 0.29) is 4.32 Å². The summed E-state index contributed by atoms with van der Waals surface area (Å²) >= 11 is 18.2. The molecule has 31 heavy (non-hydrogen) atoms. The first kappa shape index (κ1) is 21.6. The molecule has 0 atom stereocenters. The minimum absolute atomic E-state index is 0.205. The van der Waals surface area contributed by atoms with Crippen LogP contribution in [0.1, 0.15) is 5.56 Å². The first-order valence-corrected chi connectivity index (χ1v) is 10.9. The summed E-state index contributed by atoms with van der Waals surface area (Å²) in [5.74, 6) is -1.58. The number of carbonyl (C=O) groups excluding carboxylic acids is 1. The molecule has 1 amide bonds. The largest absolute Gasteiger partial charge is 0.480 e. The molecular formula is C21H13Cl2N3O3S2. The van der Waals surface area contributed by atoms with E-state index in [2.05, 4.69) is 5.10 Å². The first-order chi connectivity index (χ1) is 14.8. The number of aromatic nitrogens is 2. The van der Waals surface area contributed by atoms with Crippen molar-refractivity contribution in [3.8, 4) is 16.9 Å².